The van der Waals surface area contributed by atoms with Gasteiger partial charge in [-0.1, -0.05) is 0 Å². The van der Waals surface area contributed by atoms with Crippen LogP contribution < -0.4 is 10.6 Å². The van der Waals surface area contributed by atoms with Crippen LogP contribution in [-0.2, 0) is 9.59 Å². The Kier molecular flexibility index (Phi) is 7.72. The van der Waals surface area contributed by atoms with Gasteiger partial charge in [-0.25, -0.2) is 0 Å². The zero-order chi connectivity index (χ0) is 23.8. The second-order valence-electron chi connectivity index (χ2n) is 12.8. The molecule has 0 spiro atoms. The fourth-order valence-corrected chi connectivity index (χ4v) is 6.39. The highest BCUT2D eigenvalue weighted by Gasteiger charge is 2.42. The van der Waals surface area contributed by atoms with Crippen molar-refractivity contribution in [2.75, 3.05) is 20.1 Å². The van der Waals surface area contributed by atoms with Crippen LogP contribution in [0.3, 0.4) is 0 Å². The number of rotatable bonds is 7. The highest BCUT2D eigenvalue weighted by atomic mass is 16.2. The van der Waals surface area contributed by atoms with Crippen LogP contribution >= 0.6 is 0 Å². The van der Waals surface area contributed by atoms with Gasteiger partial charge in [-0.2, -0.15) is 0 Å². The molecule has 2 aliphatic heterocycles. The summed E-state index contributed by atoms with van der Waals surface area (Å²) in [7, 11) is 2.20. The maximum absolute atomic E-state index is 12.8. The predicted molar refractivity (Wildman–Crippen MR) is 128 cm³/mol. The molecule has 2 saturated heterocycles. The molecule has 0 aliphatic carbocycles. The van der Waals surface area contributed by atoms with Crippen molar-refractivity contribution >= 4 is 11.7 Å². The van der Waals surface area contributed by atoms with Gasteiger partial charge in [0.2, 0.25) is 5.78 Å². The van der Waals surface area contributed by atoms with E-state index < -0.39 is 0 Å². The minimum atomic E-state index is -0.357. The van der Waals surface area contributed by atoms with Gasteiger partial charge in [-0.05, 0) is 101 Å². The van der Waals surface area contributed by atoms with Gasteiger partial charge in [-0.15, -0.1) is 0 Å². The molecule has 2 aliphatic rings. The molecule has 0 atom stereocenters. The van der Waals surface area contributed by atoms with Crippen molar-refractivity contribution in [3.8, 4) is 0 Å². The SMILES string of the molecule is CC(=O)C(=O)N(CCCN(C)C1CC(C)(C)NC(C)(C)C1)C1CC(C)(C)NC(C)(C)C1. The topological polar surface area (TPSA) is 64.7 Å². The fraction of sp³-hybridized carbons (Fsp3) is 0.920. The van der Waals surface area contributed by atoms with E-state index in [-0.39, 0.29) is 39.9 Å². The van der Waals surface area contributed by atoms with Crippen molar-refractivity contribution in [1.82, 2.24) is 20.4 Å². The van der Waals surface area contributed by atoms with E-state index in [1.807, 2.05) is 4.90 Å². The van der Waals surface area contributed by atoms with Gasteiger partial charge in [0.05, 0.1) is 0 Å². The molecule has 180 valence electrons. The Morgan fingerprint density at radius 3 is 1.52 bits per heavy atom. The summed E-state index contributed by atoms with van der Waals surface area (Å²) < 4.78 is 0. The number of carbonyl (C=O) groups is 2. The number of Topliss-reactive ketones (excluding diaryl/α,β-unsaturated/α-hetero) is 1. The van der Waals surface area contributed by atoms with Gasteiger partial charge in [0.25, 0.3) is 5.91 Å². The van der Waals surface area contributed by atoms with Crippen LogP contribution in [0, 0.1) is 0 Å². The van der Waals surface area contributed by atoms with Crippen molar-refractivity contribution in [2.24, 2.45) is 0 Å². The van der Waals surface area contributed by atoms with Crippen molar-refractivity contribution in [1.29, 1.82) is 0 Å². The molecule has 0 aromatic heterocycles. The van der Waals surface area contributed by atoms with Gasteiger partial charge >= 0.3 is 0 Å². The lowest BCUT2D eigenvalue weighted by Crippen LogP contribution is -2.63. The van der Waals surface area contributed by atoms with E-state index in [2.05, 4.69) is 78.0 Å². The number of hydrogen-bond acceptors (Lipinski definition) is 5. The van der Waals surface area contributed by atoms with Gasteiger partial charge in [0, 0.05) is 47.7 Å². The van der Waals surface area contributed by atoms with Gasteiger partial charge in [0.15, 0.2) is 0 Å². The molecule has 6 nitrogen and oxygen atoms in total. The molecule has 2 N–H and O–H groups in total. The van der Waals surface area contributed by atoms with Crippen LogP contribution in [-0.4, -0.2) is 75.9 Å². The van der Waals surface area contributed by atoms with E-state index in [4.69, 9.17) is 0 Å². The average Bonchev–Trinajstić information content (AvgIpc) is 2.52. The number of nitrogens with one attached hydrogen (secondary N) is 2. The predicted octanol–water partition coefficient (Wildman–Crippen LogP) is 3.34. The van der Waals surface area contributed by atoms with Crippen molar-refractivity contribution in [3.05, 3.63) is 0 Å². The number of nitrogens with zero attached hydrogens (tertiary/aromatic N) is 2. The summed E-state index contributed by atoms with van der Waals surface area (Å²) in [6.07, 6.45) is 4.83. The summed E-state index contributed by atoms with van der Waals surface area (Å²) in [5.41, 5.74) is 0.0999. The summed E-state index contributed by atoms with van der Waals surface area (Å²) >= 11 is 0. The Hall–Kier alpha value is -0.980. The minimum absolute atomic E-state index is 0.0647. The zero-order valence-corrected chi connectivity index (χ0v) is 21.8. The van der Waals surface area contributed by atoms with Crippen LogP contribution in [0.4, 0.5) is 0 Å². The molecule has 0 saturated carbocycles. The van der Waals surface area contributed by atoms with Gasteiger partial charge in [-0.3, -0.25) is 9.59 Å². The Morgan fingerprint density at radius 2 is 1.13 bits per heavy atom. The van der Waals surface area contributed by atoms with Crippen LogP contribution in [0.5, 0.6) is 0 Å². The van der Waals surface area contributed by atoms with E-state index in [1.165, 1.54) is 6.92 Å². The highest BCUT2D eigenvalue weighted by molar-refractivity contribution is 6.35. The first kappa shape index (κ1) is 26.3. The van der Waals surface area contributed by atoms with Crippen LogP contribution in [0.2, 0.25) is 0 Å². The molecule has 6 heteroatoms. The van der Waals surface area contributed by atoms with E-state index in [0.717, 1.165) is 38.6 Å². The van der Waals surface area contributed by atoms with Crippen LogP contribution in [0.1, 0.15) is 94.4 Å². The summed E-state index contributed by atoms with van der Waals surface area (Å²) in [6.45, 7) is 20.8. The molecule has 0 bridgehead atoms. The zero-order valence-electron chi connectivity index (χ0n) is 21.8. The normalized spacial score (nSPS) is 25.4. The molecular weight excluding hydrogens is 388 g/mol. The first-order chi connectivity index (χ1) is 13.9. The summed E-state index contributed by atoms with van der Waals surface area (Å²) in [4.78, 5) is 29.2. The maximum atomic E-state index is 12.8. The largest absolute Gasteiger partial charge is 0.333 e. The van der Waals surface area contributed by atoms with E-state index in [9.17, 15) is 9.59 Å². The first-order valence-electron chi connectivity index (χ1n) is 12.0. The number of piperidine rings is 2. The second kappa shape index (κ2) is 9.11. The lowest BCUT2D eigenvalue weighted by molar-refractivity contribution is -0.146. The highest BCUT2D eigenvalue weighted by Crippen LogP contribution is 2.33. The minimum Gasteiger partial charge on any atom is -0.333 e. The second-order valence-corrected chi connectivity index (χ2v) is 12.8. The Labute approximate surface area is 190 Å². The smallest absolute Gasteiger partial charge is 0.289 e. The molecule has 1 amide bonds. The fourth-order valence-electron chi connectivity index (χ4n) is 6.39. The Morgan fingerprint density at radius 1 is 0.742 bits per heavy atom. The summed E-state index contributed by atoms with van der Waals surface area (Å²) in [5.74, 6) is -0.686. The quantitative estimate of drug-likeness (QED) is 0.599. The molecule has 2 heterocycles. The summed E-state index contributed by atoms with van der Waals surface area (Å²) in [6, 6.07) is 0.602. The maximum Gasteiger partial charge on any atom is 0.289 e. The number of hydrogen-bond donors (Lipinski definition) is 2. The molecule has 0 radical (unpaired) electrons. The molecule has 31 heavy (non-hydrogen) atoms. The van der Waals surface area contributed by atoms with Gasteiger partial charge in [0.1, 0.15) is 0 Å². The monoisotopic (exact) mass is 436 g/mol. The molecule has 2 rings (SSSR count). The third-order valence-corrected chi connectivity index (χ3v) is 6.87. The van der Waals surface area contributed by atoms with Crippen LogP contribution in [0.15, 0.2) is 0 Å². The lowest BCUT2D eigenvalue weighted by atomic mass is 9.78. The molecule has 0 unspecified atom stereocenters. The number of ketones is 1. The summed E-state index contributed by atoms with van der Waals surface area (Å²) in [5, 5.41) is 7.43. The Balaban J connectivity index is 2.04. The third kappa shape index (κ3) is 7.54. The molecular formula is C25H48N4O2. The van der Waals surface area contributed by atoms with E-state index in [1.54, 1.807) is 0 Å². The van der Waals surface area contributed by atoms with Crippen molar-refractivity contribution in [2.45, 2.75) is 129 Å². The number of amides is 1. The number of carbonyl (C=O) groups excluding carboxylic acids is 2. The third-order valence-electron chi connectivity index (χ3n) is 6.87. The average molecular weight is 437 g/mol. The molecule has 0 aromatic rings. The van der Waals surface area contributed by atoms with Crippen molar-refractivity contribution in [3.63, 3.8) is 0 Å². The first-order valence-corrected chi connectivity index (χ1v) is 12.0. The van der Waals surface area contributed by atoms with E-state index >= 15 is 0 Å². The van der Waals surface area contributed by atoms with Crippen LogP contribution in [0.25, 0.3) is 0 Å². The van der Waals surface area contributed by atoms with Crippen molar-refractivity contribution < 1.29 is 9.59 Å². The van der Waals surface area contributed by atoms with Gasteiger partial charge < -0.3 is 20.4 Å². The van der Waals surface area contributed by atoms with E-state index in [0.29, 0.717) is 12.6 Å². The molecule has 2 fully saturated rings. The molecule has 0 aromatic carbocycles. The lowest BCUT2D eigenvalue weighted by Gasteiger charge is -2.50. The standard InChI is InChI=1S/C25H48N4O2/c1-18(30)21(31)29(20-16-24(6,7)27-25(8,9)17-20)13-11-12-28(10)19-14-22(2,3)26-23(4,5)15-19/h19-20,26-27H,11-17H2,1-10H3. The Bertz CT molecular complexity index is 636.